The van der Waals surface area contributed by atoms with E-state index in [1.54, 1.807) is 0 Å². The highest BCUT2D eigenvalue weighted by atomic mass is 32.2. The SMILES string of the molecule is N=C(N)NCC1Cc2ccccc2S1. The molecule has 1 atom stereocenters. The first-order valence-corrected chi connectivity index (χ1v) is 5.46. The van der Waals surface area contributed by atoms with E-state index in [0.29, 0.717) is 5.25 Å². The van der Waals surface area contributed by atoms with E-state index in [0.717, 1.165) is 13.0 Å². The summed E-state index contributed by atoms with van der Waals surface area (Å²) in [5, 5.41) is 10.4. The molecule has 3 nitrogen and oxygen atoms in total. The van der Waals surface area contributed by atoms with Crippen LogP contribution in [0, 0.1) is 5.41 Å². The van der Waals surface area contributed by atoms with E-state index in [2.05, 4.69) is 29.6 Å². The van der Waals surface area contributed by atoms with E-state index in [-0.39, 0.29) is 5.96 Å². The van der Waals surface area contributed by atoms with E-state index in [9.17, 15) is 0 Å². The van der Waals surface area contributed by atoms with E-state index in [4.69, 9.17) is 11.1 Å². The summed E-state index contributed by atoms with van der Waals surface area (Å²) in [6, 6.07) is 8.44. The monoisotopic (exact) mass is 207 g/mol. The van der Waals surface area contributed by atoms with Gasteiger partial charge in [-0.2, -0.15) is 0 Å². The van der Waals surface area contributed by atoms with Crippen LogP contribution in [-0.2, 0) is 6.42 Å². The topological polar surface area (TPSA) is 61.9 Å². The van der Waals surface area contributed by atoms with Gasteiger partial charge >= 0.3 is 0 Å². The van der Waals surface area contributed by atoms with Gasteiger partial charge in [-0.3, -0.25) is 5.41 Å². The average Bonchev–Trinajstić information content (AvgIpc) is 2.57. The number of thioether (sulfide) groups is 1. The molecular weight excluding hydrogens is 194 g/mol. The van der Waals surface area contributed by atoms with Gasteiger partial charge in [-0.1, -0.05) is 18.2 Å². The summed E-state index contributed by atoms with van der Waals surface area (Å²) in [5.74, 6) is 0.0570. The zero-order chi connectivity index (χ0) is 9.97. The summed E-state index contributed by atoms with van der Waals surface area (Å²) >= 11 is 1.86. The average molecular weight is 207 g/mol. The van der Waals surface area contributed by atoms with Crippen LogP contribution in [0.15, 0.2) is 29.2 Å². The third kappa shape index (κ3) is 2.01. The maximum absolute atomic E-state index is 7.08. The van der Waals surface area contributed by atoms with Crippen molar-refractivity contribution in [1.82, 2.24) is 5.32 Å². The number of hydrogen-bond donors (Lipinski definition) is 3. The summed E-state index contributed by atoms with van der Waals surface area (Å²) in [7, 11) is 0. The maximum atomic E-state index is 7.08. The van der Waals surface area contributed by atoms with Crippen molar-refractivity contribution >= 4 is 17.7 Å². The molecule has 1 aromatic rings. The second-order valence-electron chi connectivity index (χ2n) is 3.35. The molecule has 0 amide bonds. The summed E-state index contributed by atoms with van der Waals surface area (Å²) in [4.78, 5) is 1.36. The maximum Gasteiger partial charge on any atom is 0.185 e. The fourth-order valence-corrected chi connectivity index (χ4v) is 2.84. The highest BCUT2D eigenvalue weighted by Gasteiger charge is 2.21. The second kappa shape index (κ2) is 3.92. The molecule has 1 aliphatic rings. The predicted octanol–water partition coefficient (Wildman–Crippen LogP) is 1.19. The smallest absolute Gasteiger partial charge is 0.185 e. The minimum Gasteiger partial charge on any atom is -0.370 e. The van der Waals surface area contributed by atoms with Gasteiger partial charge in [0.15, 0.2) is 5.96 Å². The Bertz CT molecular complexity index is 326. The minimum atomic E-state index is 0.0570. The lowest BCUT2D eigenvalue weighted by Gasteiger charge is -2.08. The molecule has 1 unspecified atom stereocenters. The standard InChI is InChI=1S/C10H13N3S/c11-10(12)13-6-8-5-7-3-1-2-4-9(7)14-8/h1-4,8H,5-6H2,(H4,11,12,13). The molecule has 14 heavy (non-hydrogen) atoms. The highest BCUT2D eigenvalue weighted by molar-refractivity contribution is 8.00. The van der Waals surface area contributed by atoms with Crippen molar-refractivity contribution in [3.05, 3.63) is 29.8 Å². The van der Waals surface area contributed by atoms with Crippen molar-refractivity contribution in [3.63, 3.8) is 0 Å². The Morgan fingerprint density at radius 3 is 3.07 bits per heavy atom. The molecule has 1 aliphatic heterocycles. The lowest BCUT2D eigenvalue weighted by Crippen LogP contribution is -2.35. The van der Waals surface area contributed by atoms with Gasteiger partial charge in [-0.15, -0.1) is 11.8 Å². The predicted molar refractivity (Wildman–Crippen MR) is 59.7 cm³/mol. The number of fused-ring (bicyclic) bond motifs is 1. The zero-order valence-corrected chi connectivity index (χ0v) is 8.60. The number of hydrogen-bond acceptors (Lipinski definition) is 2. The van der Waals surface area contributed by atoms with Crippen molar-refractivity contribution in [2.75, 3.05) is 6.54 Å². The number of rotatable bonds is 2. The Kier molecular flexibility index (Phi) is 2.63. The summed E-state index contributed by atoms with van der Waals surface area (Å²) in [6.45, 7) is 0.773. The van der Waals surface area contributed by atoms with E-state index < -0.39 is 0 Å². The Morgan fingerprint density at radius 2 is 2.36 bits per heavy atom. The highest BCUT2D eigenvalue weighted by Crippen LogP contribution is 2.36. The van der Waals surface area contributed by atoms with Gasteiger partial charge in [0.05, 0.1) is 0 Å². The number of nitrogens with two attached hydrogens (primary N) is 1. The largest absolute Gasteiger partial charge is 0.370 e. The number of nitrogens with one attached hydrogen (secondary N) is 2. The quantitative estimate of drug-likeness (QED) is 0.504. The van der Waals surface area contributed by atoms with E-state index >= 15 is 0 Å². The molecule has 2 rings (SSSR count). The van der Waals surface area contributed by atoms with Crippen LogP contribution in [0.25, 0.3) is 0 Å². The van der Waals surface area contributed by atoms with Crippen LogP contribution in [0.2, 0.25) is 0 Å². The molecule has 0 bridgehead atoms. The van der Waals surface area contributed by atoms with Gasteiger partial charge in [0.1, 0.15) is 0 Å². The summed E-state index contributed by atoms with van der Waals surface area (Å²) < 4.78 is 0. The van der Waals surface area contributed by atoms with Crippen LogP contribution in [0.1, 0.15) is 5.56 Å². The second-order valence-corrected chi connectivity index (χ2v) is 4.69. The molecule has 0 saturated carbocycles. The van der Waals surface area contributed by atoms with E-state index in [1.807, 2.05) is 11.8 Å². The third-order valence-electron chi connectivity index (χ3n) is 2.23. The molecule has 4 N–H and O–H groups in total. The van der Waals surface area contributed by atoms with Crippen LogP contribution in [0.4, 0.5) is 0 Å². The van der Waals surface area contributed by atoms with Gasteiger partial charge in [0.2, 0.25) is 0 Å². The molecule has 0 aliphatic carbocycles. The molecular formula is C10H13N3S. The van der Waals surface area contributed by atoms with Crippen molar-refractivity contribution in [3.8, 4) is 0 Å². The van der Waals surface area contributed by atoms with Crippen LogP contribution in [0.3, 0.4) is 0 Å². The fraction of sp³-hybridized carbons (Fsp3) is 0.300. The van der Waals surface area contributed by atoms with Crippen molar-refractivity contribution in [2.45, 2.75) is 16.6 Å². The molecule has 1 heterocycles. The Balaban J connectivity index is 1.95. The summed E-state index contributed by atoms with van der Waals surface area (Å²) in [5.41, 5.74) is 6.65. The molecule has 0 aromatic heterocycles. The first-order chi connectivity index (χ1) is 6.75. The van der Waals surface area contributed by atoms with E-state index in [1.165, 1.54) is 10.5 Å². The first kappa shape index (κ1) is 9.40. The number of benzene rings is 1. The summed E-state index contributed by atoms with van der Waals surface area (Å²) in [6.07, 6.45) is 1.07. The molecule has 4 heteroatoms. The fourth-order valence-electron chi connectivity index (χ4n) is 1.59. The Labute approximate surface area is 87.6 Å². The van der Waals surface area contributed by atoms with Gasteiger partial charge in [0.25, 0.3) is 0 Å². The van der Waals surface area contributed by atoms with Crippen molar-refractivity contribution in [2.24, 2.45) is 5.73 Å². The van der Waals surface area contributed by atoms with Crippen LogP contribution in [-0.4, -0.2) is 17.8 Å². The van der Waals surface area contributed by atoms with Gasteiger partial charge < -0.3 is 11.1 Å². The molecule has 0 spiro atoms. The molecule has 0 radical (unpaired) electrons. The molecule has 1 aromatic carbocycles. The Hall–Kier alpha value is -1.16. The van der Waals surface area contributed by atoms with Crippen molar-refractivity contribution < 1.29 is 0 Å². The minimum absolute atomic E-state index is 0.0570. The third-order valence-corrected chi connectivity index (χ3v) is 3.55. The van der Waals surface area contributed by atoms with Crippen LogP contribution in [0.5, 0.6) is 0 Å². The lowest BCUT2D eigenvalue weighted by atomic mass is 10.1. The van der Waals surface area contributed by atoms with Crippen LogP contribution < -0.4 is 11.1 Å². The van der Waals surface area contributed by atoms with Gasteiger partial charge in [0, 0.05) is 16.7 Å². The molecule has 0 fully saturated rings. The van der Waals surface area contributed by atoms with Crippen molar-refractivity contribution in [1.29, 1.82) is 5.41 Å². The van der Waals surface area contributed by atoms with Gasteiger partial charge in [-0.05, 0) is 18.1 Å². The zero-order valence-electron chi connectivity index (χ0n) is 7.79. The molecule has 0 saturated heterocycles. The number of guanidine groups is 1. The lowest BCUT2D eigenvalue weighted by molar-refractivity contribution is 0.795. The van der Waals surface area contributed by atoms with Gasteiger partial charge in [-0.25, -0.2) is 0 Å². The Morgan fingerprint density at radius 1 is 1.57 bits per heavy atom. The van der Waals surface area contributed by atoms with Crippen LogP contribution >= 0.6 is 11.8 Å². The normalized spacial score (nSPS) is 19.0. The molecule has 74 valence electrons. The first-order valence-electron chi connectivity index (χ1n) is 4.58.